The van der Waals surface area contributed by atoms with E-state index in [-0.39, 0.29) is 5.91 Å². The van der Waals surface area contributed by atoms with Gasteiger partial charge >= 0.3 is 0 Å². The quantitative estimate of drug-likeness (QED) is 0.544. The number of anilines is 1. The van der Waals surface area contributed by atoms with Crippen molar-refractivity contribution in [3.63, 3.8) is 0 Å². The SMILES string of the molecule is O=C1C(=CC=Cc2ccco2)SC(=S)N1c1cccc(Br)c1. The minimum atomic E-state index is -0.114. The highest BCUT2D eigenvalue weighted by atomic mass is 79.9. The van der Waals surface area contributed by atoms with E-state index in [1.54, 1.807) is 24.5 Å². The van der Waals surface area contributed by atoms with Crippen molar-refractivity contribution in [1.29, 1.82) is 0 Å². The molecule has 0 spiro atoms. The van der Waals surface area contributed by atoms with Crippen LogP contribution in [0.1, 0.15) is 5.76 Å². The maximum absolute atomic E-state index is 12.5. The molecule has 0 N–H and O–H groups in total. The minimum Gasteiger partial charge on any atom is -0.465 e. The number of amides is 1. The Balaban J connectivity index is 1.82. The lowest BCUT2D eigenvalue weighted by atomic mass is 10.3. The van der Waals surface area contributed by atoms with Crippen molar-refractivity contribution in [2.75, 3.05) is 4.90 Å². The normalized spacial score (nSPS) is 17.1. The lowest BCUT2D eigenvalue weighted by Gasteiger charge is -2.14. The van der Waals surface area contributed by atoms with Gasteiger partial charge in [-0.25, -0.2) is 0 Å². The summed E-state index contributed by atoms with van der Waals surface area (Å²) in [5.74, 6) is 0.621. The van der Waals surface area contributed by atoms with E-state index in [1.165, 1.54) is 16.7 Å². The number of benzene rings is 1. The second-order valence-corrected chi connectivity index (χ2v) is 6.99. The van der Waals surface area contributed by atoms with Gasteiger partial charge in [0.25, 0.3) is 5.91 Å². The van der Waals surface area contributed by atoms with E-state index in [1.807, 2.05) is 36.4 Å². The number of halogens is 1. The fourth-order valence-corrected chi connectivity index (χ4v) is 3.57. The summed E-state index contributed by atoms with van der Waals surface area (Å²) in [4.78, 5) is 14.6. The molecule has 1 fully saturated rings. The second-order valence-electron chi connectivity index (χ2n) is 4.39. The topological polar surface area (TPSA) is 33.5 Å². The van der Waals surface area contributed by atoms with Gasteiger partial charge in [0.1, 0.15) is 5.76 Å². The van der Waals surface area contributed by atoms with Gasteiger partial charge in [-0.2, -0.15) is 0 Å². The molecule has 0 unspecified atom stereocenters. The molecule has 0 bridgehead atoms. The Labute approximate surface area is 145 Å². The van der Waals surface area contributed by atoms with Crippen molar-refractivity contribution in [2.45, 2.75) is 0 Å². The van der Waals surface area contributed by atoms with Gasteiger partial charge in [0.05, 0.1) is 16.9 Å². The zero-order chi connectivity index (χ0) is 15.5. The summed E-state index contributed by atoms with van der Waals surface area (Å²) in [6.45, 7) is 0. The molecule has 3 rings (SSSR count). The van der Waals surface area contributed by atoms with E-state index in [2.05, 4.69) is 15.9 Å². The number of nitrogens with zero attached hydrogens (tertiary/aromatic N) is 1. The number of hydrogen-bond acceptors (Lipinski definition) is 4. The number of carbonyl (C=O) groups excluding carboxylic acids is 1. The number of rotatable bonds is 3. The van der Waals surface area contributed by atoms with Gasteiger partial charge in [0.15, 0.2) is 4.32 Å². The molecule has 22 heavy (non-hydrogen) atoms. The molecule has 2 heterocycles. The van der Waals surface area contributed by atoms with Crippen LogP contribution in [0.3, 0.4) is 0 Å². The molecule has 6 heteroatoms. The van der Waals surface area contributed by atoms with Crippen molar-refractivity contribution in [1.82, 2.24) is 0 Å². The standard InChI is InChI=1S/C16H10BrNO2S2/c17-11-4-1-5-12(10-11)18-15(19)14(22-16(18)21)8-2-6-13-7-3-9-20-13/h1-10H. The highest BCUT2D eigenvalue weighted by Crippen LogP contribution is 2.35. The molecule has 0 radical (unpaired) electrons. The molecule has 0 aliphatic carbocycles. The van der Waals surface area contributed by atoms with Crippen LogP contribution in [0.5, 0.6) is 0 Å². The predicted octanol–water partition coefficient (Wildman–Crippen LogP) is 5.00. The largest absolute Gasteiger partial charge is 0.465 e. The van der Waals surface area contributed by atoms with Crippen LogP contribution >= 0.6 is 39.9 Å². The molecule has 1 amide bonds. The fourth-order valence-electron chi connectivity index (χ4n) is 1.94. The molecule has 0 atom stereocenters. The number of furan rings is 1. The maximum Gasteiger partial charge on any atom is 0.270 e. The summed E-state index contributed by atoms with van der Waals surface area (Å²) in [5, 5.41) is 0. The molecular weight excluding hydrogens is 382 g/mol. The van der Waals surface area contributed by atoms with Crippen molar-refractivity contribution in [2.24, 2.45) is 0 Å². The van der Waals surface area contributed by atoms with E-state index in [9.17, 15) is 4.79 Å². The average Bonchev–Trinajstić information content (AvgIpc) is 3.08. The predicted molar refractivity (Wildman–Crippen MR) is 97.6 cm³/mol. The van der Waals surface area contributed by atoms with Crippen LogP contribution in [0.15, 0.2) is 68.6 Å². The van der Waals surface area contributed by atoms with Crippen LogP contribution in [0.2, 0.25) is 0 Å². The van der Waals surface area contributed by atoms with E-state index in [0.717, 1.165) is 15.9 Å². The van der Waals surface area contributed by atoms with Crippen LogP contribution in [0.25, 0.3) is 6.08 Å². The smallest absolute Gasteiger partial charge is 0.270 e. The average molecular weight is 392 g/mol. The van der Waals surface area contributed by atoms with Crippen LogP contribution in [0.4, 0.5) is 5.69 Å². The Morgan fingerprint density at radius 1 is 1.27 bits per heavy atom. The Bertz CT molecular complexity index is 781. The van der Waals surface area contributed by atoms with Gasteiger partial charge < -0.3 is 4.42 Å². The van der Waals surface area contributed by atoms with E-state index in [0.29, 0.717) is 9.23 Å². The number of thiocarbonyl (C=S) groups is 1. The van der Waals surface area contributed by atoms with Gasteiger partial charge in [0.2, 0.25) is 0 Å². The van der Waals surface area contributed by atoms with Gasteiger partial charge in [-0.1, -0.05) is 52.1 Å². The summed E-state index contributed by atoms with van der Waals surface area (Å²) in [6.07, 6.45) is 6.93. The molecule has 1 aromatic heterocycles. The van der Waals surface area contributed by atoms with Crippen molar-refractivity contribution >= 4 is 61.9 Å². The van der Waals surface area contributed by atoms with E-state index < -0.39 is 0 Å². The van der Waals surface area contributed by atoms with Crippen LogP contribution in [0, 0.1) is 0 Å². The minimum absolute atomic E-state index is 0.114. The van der Waals surface area contributed by atoms with E-state index >= 15 is 0 Å². The maximum atomic E-state index is 12.5. The zero-order valence-corrected chi connectivity index (χ0v) is 14.5. The van der Waals surface area contributed by atoms with Gasteiger partial charge in [-0.15, -0.1) is 0 Å². The first-order valence-corrected chi connectivity index (χ1v) is 8.40. The van der Waals surface area contributed by atoms with Gasteiger partial charge in [-0.05, 0) is 42.5 Å². The Hall–Kier alpha value is -1.63. The Morgan fingerprint density at radius 2 is 2.14 bits per heavy atom. The first kappa shape index (κ1) is 15.3. The summed E-state index contributed by atoms with van der Waals surface area (Å²) in [7, 11) is 0. The third kappa shape index (κ3) is 3.24. The highest BCUT2D eigenvalue weighted by Gasteiger charge is 2.32. The monoisotopic (exact) mass is 391 g/mol. The van der Waals surface area contributed by atoms with Crippen molar-refractivity contribution in [3.05, 3.63) is 70.0 Å². The Kier molecular flexibility index (Phi) is 4.61. The summed E-state index contributed by atoms with van der Waals surface area (Å²) in [5.41, 5.74) is 0.760. The number of allylic oxidation sites excluding steroid dienone is 2. The lowest BCUT2D eigenvalue weighted by Crippen LogP contribution is -2.27. The molecule has 3 nitrogen and oxygen atoms in total. The summed E-state index contributed by atoms with van der Waals surface area (Å²) >= 11 is 10.0. The molecular formula is C16H10BrNO2S2. The third-order valence-electron chi connectivity index (χ3n) is 2.91. The molecule has 1 saturated heterocycles. The lowest BCUT2D eigenvalue weighted by molar-refractivity contribution is -0.113. The number of thioether (sulfide) groups is 1. The van der Waals surface area contributed by atoms with Gasteiger partial charge in [-0.3, -0.25) is 9.69 Å². The molecule has 0 saturated carbocycles. The molecule has 1 aliphatic rings. The van der Waals surface area contributed by atoms with E-state index in [4.69, 9.17) is 16.6 Å². The van der Waals surface area contributed by atoms with Gasteiger partial charge in [0, 0.05) is 4.47 Å². The first-order valence-electron chi connectivity index (χ1n) is 6.39. The highest BCUT2D eigenvalue weighted by molar-refractivity contribution is 9.10. The third-order valence-corrected chi connectivity index (χ3v) is 4.73. The Morgan fingerprint density at radius 3 is 2.86 bits per heavy atom. The van der Waals surface area contributed by atoms with Crippen molar-refractivity contribution in [3.8, 4) is 0 Å². The summed E-state index contributed by atoms with van der Waals surface area (Å²) in [6, 6.07) is 11.2. The first-order chi connectivity index (χ1) is 10.6. The number of carbonyl (C=O) groups is 1. The zero-order valence-electron chi connectivity index (χ0n) is 11.2. The second kappa shape index (κ2) is 6.64. The van der Waals surface area contributed by atoms with Crippen LogP contribution in [-0.2, 0) is 4.79 Å². The van der Waals surface area contributed by atoms with Crippen LogP contribution in [-0.4, -0.2) is 10.2 Å². The fraction of sp³-hybridized carbons (Fsp3) is 0. The van der Waals surface area contributed by atoms with Crippen molar-refractivity contribution < 1.29 is 9.21 Å². The summed E-state index contributed by atoms with van der Waals surface area (Å²) < 4.78 is 6.63. The molecule has 1 aliphatic heterocycles. The number of hydrogen-bond donors (Lipinski definition) is 0. The molecule has 110 valence electrons. The molecule has 1 aromatic carbocycles. The molecule has 2 aromatic rings. The van der Waals surface area contributed by atoms with Crippen LogP contribution < -0.4 is 4.90 Å².